The van der Waals surface area contributed by atoms with E-state index in [2.05, 4.69) is 25.9 Å². The zero-order chi connectivity index (χ0) is 14.0. The molecule has 0 aliphatic carbocycles. The minimum Gasteiger partial charge on any atom is -0.328 e. The summed E-state index contributed by atoms with van der Waals surface area (Å²) in [4.78, 5) is 8.72. The molecule has 0 saturated carbocycles. The predicted molar refractivity (Wildman–Crippen MR) is 77.2 cm³/mol. The highest BCUT2D eigenvalue weighted by Crippen LogP contribution is 2.25. The van der Waals surface area contributed by atoms with Gasteiger partial charge in [-0.3, -0.25) is 0 Å². The fourth-order valence-electron chi connectivity index (χ4n) is 1.84. The zero-order valence-corrected chi connectivity index (χ0v) is 12.4. The molecular formula is C14H15BrFN3. The Kier molecular flexibility index (Phi) is 4.27. The largest absolute Gasteiger partial charge is 0.328 e. The molecule has 5 heteroatoms. The van der Waals surface area contributed by atoms with Crippen LogP contribution in [0.25, 0.3) is 11.3 Å². The molecule has 1 aromatic heterocycles. The second kappa shape index (κ2) is 5.75. The number of aryl methyl sites for hydroxylation is 1. The predicted octanol–water partition coefficient (Wildman–Crippen LogP) is 3.24. The SMILES string of the molecule is Cc1cc(-c2cc(Br)ccc2F)nc(CC(C)N)n1. The first-order valence-corrected chi connectivity index (χ1v) is 6.80. The molecule has 3 nitrogen and oxygen atoms in total. The number of aromatic nitrogens is 2. The van der Waals surface area contributed by atoms with E-state index in [0.29, 0.717) is 23.5 Å². The van der Waals surface area contributed by atoms with E-state index in [9.17, 15) is 4.39 Å². The van der Waals surface area contributed by atoms with Crippen molar-refractivity contribution in [1.82, 2.24) is 9.97 Å². The Labute approximate surface area is 120 Å². The summed E-state index contributed by atoms with van der Waals surface area (Å²) in [5.41, 5.74) is 7.61. The fraction of sp³-hybridized carbons (Fsp3) is 0.286. The van der Waals surface area contributed by atoms with E-state index in [4.69, 9.17) is 5.73 Å². The van der Waals surface area contributed by atoms with Crippen molar-refractivity contribution in [2.45, 2.75) is 26.3 Å². The number of nitrogens with two attached hydrogens (primary N) is 1. The van der Waals surface area contributed by atoms with Crippen molar-refractivity contribution in [3.8, 4) is 11.3 Å². The van der Waals surface area contributed by atoms with Gasteiger partial charge >= 0.3 is 0 Å². The molecule has 0 bridgehead atoms. The standard InChI is InChI=1S/C14H15BrFN3/c1-8(17)5-14-18-9(2)6-13(19-14)11-7-10(15)3-4-12(11)16/h3-4,6-8H,5,17H2,1-2H3. The highest BCUT2D eigenvalue weighted by Gasteiger charge is 2.11. The molecule has 0 radical (unpaired) electrons. The number of rotatable bonds is 3. The maximum atomic E-state index is 13.9. The monoisotopic (exact) mass is 323 g/mol. The first kappa shape index (κ1) is 14.1. The van der Waals surface area contributed by atoms with Crippen molar-refractivity contribution >= 4 is 15.9 Å². The molecule has 1 heterocycles. The van der Waals surface area contributed by atoms with Crippen LogP contribution in [0.4, 0.5) is 4.39 Å². The molecule has 0 fully saturated rings. The average molecular weight is 324 g/mol. The average Bonchev–Trinajstić information content (AvgIpc) is 2.30. The lowest BCUT2D eigenvalue weighted by atomic mass is 10.1. The van der Waals surface area contributed by atoms with Crippen LogP contribution < -0.4 is 5.73 Å². The summed E-state index contributed by atoms with van der Waals surface area (Å²) >= 11 is 3.34. The summed E-state index contributed by atoms with van der Waals surface area (Å²) in [6, 6.07) is 6.54. The number of hydrogen-bond acceptors (Lipinski definition) is 3. The van der Waals surface area contributed by atoms with Crippen LogP contribution in [-0.2, 0) is 6.42 Å². The summed E-state index contributed by atoms with van der Waals surface area (Å²) < 4.78 is 14.7. The molecule has 19 heavy (non-hydrogen) atoms. The summed E-state index contributed by atoms with van der Waals surface area (Å²) in [7, 11) is 0. The van der Waals surface area contributed by atoms with Crippen LogP contribution in [0.1, 0.15) is 18.4 Å². The summed E-state index contributed by atoms with van der Waals surface area (Å²) in [5.74, 6) is 0.345. The van der Waals surface area contributed by atoms with Crippen LogP contribution in [0.5, 0.6) is 0 Å². The van der Waals surface area contributed by atoms with E-state index in [1.807, 2.05) is 13.8 Å². The normalized spacial score (nSPS) is 12.5. The van der Waals surface area contributed by atoms with E-state index in [-0.39, 0.29) is 11.9 Å². The van der Waals surface area contributed by atoms with Gasteiger partial charge in [0, 0.05) is 28.2 Å². The van der Waals surface area contributed by atoms with Gasteiger partial charge in [-0.1, -0.05) is 15.9 Å². The van der Waals surface area contributed by atoms with Crippen LogP contribution >= 0.6 is 15.9 Å². The number of hydrogen-bond donors (Lipinski definition) is 1. The number of benzene rings is 1. The van der Waals surface area contributed by atoms with E-state index in [1.54, 1.807) is 18.2 Å². The Morgan fingerprint density at radius 2 is 2.05 bits per heavy atom. The second-order valence-electron chi connectivity index (χ2n) is 4.62. The summed E-state index contributed by atoms with van der Waals surface area (Å²) in [6.07, 6.45) is 0.574. The van der Waals surface area contributed by atoms with Crippen LogP contribution in [0.15, 0.2) is 28.7 Å². The molecular weight excluding hydrogens is 309 g/mol. The van der Waals surface area contributed by atoms with Gasteiger partial charge in [-0.25, -0.2) is 14.4 Å². The maximum Gasteiger partial charge on any atom is 0.132 e. The van der Waals surface area contributed by atoms with Crippen molar-refractivity contribution in [3.05, 3.63) is 46.1 Å². The van der Waals surface area contributed by atoms with Crippen LogP contribution in [0.3, 0.4) is 0 Å². The Morgan fingerprint density at radius 1 is 1.32 bits per heavy atom. The molecule has 0 spiro atoms. The van der Waals surface area contributed by atoms with Gasteiger partial charge in [0.25, 0.3) is 0 Å². The molecule has 0 saturated heterocycles. The highest BCUT2D eigenvalue weighted by molar-refractivity contribution is 9.10. The van der Waals surface area contributed by atoms with Crippen molar-refractivity contribution in [3.63, 3.8) is 0 Å². The van der Waals surface area contributed by atoms with E-state index >= 15 is 0 Å². The molecule has 1 aromatic carbocycles. The Balaban J connectivity index is 2.49. The molecule has 2 rings (SSSR count). The molecule has 1 atom stereocenters. The summed E-state index contributed by atoms with van der Waals surface area (Å²) in [6.45, 7) is 3.76. The van der Waals surface area contributed by atoms with E-state index < -0.39 is 0 Å². The third-order valence-corrected chi connectivity index (χ3v) is 3.10. The smallest absolute Gasteiger partial charge is 0.132 e. The molecule has 0 aliphatic heterocycles. The van der Waals surface area contributed by atoms with E-state index in [1.165, 1.54) is 6.07 Å². The lowest BCUT2D eigenvalue weighted by molar-refractivity contribution is 0.629. The third kappa shape index (κ3) is 3.58. The molecule has 2 N–H and O–H groups in total. The molecule has 2 aromatic rings. The lowest BCUT2D eigenvalue weighted by Gasteiger charge is -2.09. The maximum absolute atomic E-state index is 13.9. The lowest BCUT2D eigenvalue weighted by Crippen LogP contribution is -2.19. The quantitative estimate of drug-likeness (QED) is 0.943. The number of halogens is 2. The third-order valence-electron chi connectivity index (χ3n) is 2.61. The van der Waals surface area contributed by atoms with Crippen molar-refractivity contribution < 1.29 is 4.39 Å². The fourth-order valence-corrected chi connectivity index (χ4v) is 2.20. The minimum absolute atomic E-state index is 0.0259. The molecule has 1 unspecified atom stereocenters. The van der Waals surface area contributed by atoms with E-state index in [0.717, 1.165) is 10.2 Å². The van der Waals surface area contributed by atoms with Gasteiger partial charge in [-0.2, -0.15) is 0 Å². The van der Waals surface area contributed by atoms with Gasteiger partial charge in [0.05, 0.1) is 5.69 Å². The first-order chi connectivity index (χ1) is 8.95. The van der Waals surface area contributed by atoms with Crippen molar-refractivity contribution in [2.75, 3.05) is 0 Å². The Morgan fingerprint density at radius 3 is 2.74 bits per heavy atom. The van der Waals surface area contributed by atoms with Gasteiger partial charge in [0.1, 0.15) is 11.6 Å². The Bertz CT molecular complexity index is 599. The molecule has 0 aliphatic rings. The van der Waals surface area contributed by atoms with Crippen molar-refractivity contribution in [2.24, 2.45) is 5.73 Å². The molecule has 0 amide bonds. The minimum atomic E-state index is -0.298. The topological polar surface area (TPSA) is 51.8 Å². The van der Waals surface area contributed by atoms with Crippen LogP contribution in [-0.4, -0.2) is 16.0 Å². The van der Waals surface area contributed by atoms with Gasteiger partial charge in [0.15, 0.2) is 0 Å². The van der Waals surface area contributed by atoms with Gasteiger partial charge < -0.3 is 5.73 Å². The van der Waals surface area contributed by atoms with Gasteiger partial charge in [0.2, 0.25) is 0 Å². The highest BCUT2D eigenvalue weighted by atomic mass is 79.9. The van der Waals surface area contributed by atoms with Gasteiger partial charge in [-0.15, -0.1) is 0 Å². The first-order valence-electron chi connectivity index (χ1n) is 6.01. The summed E-state index contributed by atoms with van der Waals surface area (Å²) in [5, 5.41) is 0. The molecule has 100 valence electrons. The Hall–Kier alpha value is -1.33. The van der Waals surface area contributed by atoms with Crippen molar-refractivity contribution in [1.29, 1.82) is 0 Å². The van der Waals surface area contributed by atoms with Gasteiger partial charge in [-0.05, 0) is 38.1 Å². The van der Waals surface area contributed by atoms with Crippen LogP contribution in [0, 0.1) is 12.7 Å². The van der Waals surface area contributed by atoms with Crippen LogP contribution in [0.2, 0.25) is 0 Å². The second-order valence-corrected chi connectivity index (χ2v) is 5.53. The zero-order valence-electron chi connectivity index (χ0n) is 10.8. The number of nitrogens with zero attached hydrogens (tertiary/aromatic N) is 2.